The van der Waals surface area contributed by atoms with Crippen LogP contribution in [0.25, 0.3) is 22.0 Å². The molecule has 2 aromatic carbocycles. The molecular weight excluding hydrogens is 374 g/mol. The molecule has 3 aromatic rings. The van der Waals surface area contributed by atoms with E-state index in [9.17, 15) is 4.79 Å². The fraction of sp³-hybridized carbons (Fsp3) is 0.360. The van der Waals surface area contributed by atoms with Crippen LogP contribution in [0.3, 0.4) is 0 Å². The fourth-order valence-corrected chi connectivity index (χ4v) is 4.30. The highest BCUT2D eigenvalue weighted by atomic mass is 16.7. The Labute approximate surface area is 178 Å². The Morgan fingerprint density at radius 2 is 1.90 bits per heavy atom. The van der Waals surface area contributed by atoms with E-state index in [1.54, 1.807) is 0 Å². The standard InChI is InChI=1S/C25H29N3O2/c1-3-30-27-25(29)28-15-12-20(13-16-28)17-19-6-8-21(9-7-19)23-11-10-22-5-4-14-26-24(22)18(23)2/h4-11,14,20H,3,12-13,15-17H2,1-2H3,(H,27,29). The second kappa shape index (κ2) is 9.26. The molecule has 0 radical (unpaired) electrons. The van der Waals surface area contributed by atoms with Gasteiger partial charge in [-0.05, 0) is 67.3 Å². The normalized spacial score (nSPS) is 14.8. The second-order valence-corrected chi connectivity index (χ2v) is 7.98. The molecule has 4 rings (SSSR count). The predicted molar refractivity (Wildman–Crippen MR) is 120 cm³/mol. The topological polar surface area (TPSA) is 54.5 Å². The predicted octanol–water partition coefficient (Wildman–Crippen LogP) is 5.13. The summed E-state index contributed by atoms with van der Waals surface area (Å²) in [4.78, 5) is 23.4. The summed E-state index contributed by atoms with van der Waals surface area (Å²) in [5.74, 6) is 0.610. The highest BCUT2D eigenvalue weighted by molar-refractivity contribution is 5.88. The van der Waals surface area contributed by atoms with Crippen molar-refractivity contribution in [2.24, 2.45) is 5.92 Å². The Morgan fingerprint density at radius 3 is 2.63 bits per heavy atom. The number of nitrogens with zero attached hydrogens (tertiary/aromatic N) is 2. The Morgan fingerprint density at radius 1 is 1.13 bits per heavy atom. The van der Waals surface area contributed by atoms with Crippen LogP contribution in [-0.4, -0.2) is 35.6 Å². The summed E-state index contributed by atoms with van der Waals surface area (Å²) in [6.07, 6.45) is 4.96. The molecule has 1 aromatic heterocycles. The van der Waals surface area contributed by atoms with Crippen LogP contribution in [0.2, 0.25) is 0 Å². The molecule has 0 aliphatic carbocycles. The molecule has 1 saturated heterocycles. The van der Waals surface area contributed by atoms with Gasteiger partial charge >= 0.3 is 6.03 Å². The number of aryl methyl sites for hydroxylation is 1. The van der Waals surface area contributed by atoms with Crippen LogP contribution in [0.15, 0.2) is 54.7 Å². The number of amides is 2. The maximum absolute atomic E-state index is 12.0. The number of carbonyl (C=O) groups is 1. The van der Waals surface area contributed by atoms with Crippen molar-refractivity contribution in [2.75, 3.05) is 19.7 Å². The van der Waals surface area contributed by atoms with Crippen molar-refractivity contribution in [3.8, 4) is 11.1 Å². The van der Waals surface area contributed by atoms with Gasteiger partial charge in [0.25, 0.3) is 0 Å². The first-order valence-corrected chi connectivity index (χ1v) is 10.8. The summed E-state index contributed by atoms with van der Waals surface area (Å²) in [6.45, 7) is 6.05. The number of hydrogen-bond acceptors (Lipinski definition) is 3. The van der Waals surface area contributed by atoms with Crippen molar-refractivity contribution in [1.82, 2.24) is 15.4 Å². The molecule has 5 nitrogen and oxygen atoms in total. The fourth-order valence-electron chi connectivity index (χ4n) is 4.30. The third-order valence-corrected chi connectivity index (χ3v) is 6.02. The molecule has 1 N–H and O–H groups in total. The zero-order chi connectivity index (χ0) is 20.9. The molecule has 30 heavy (non-hydrogen) atoms. The number of rotatable bonds is 5. The van der Waals surface area contributed by atoms with Crippen molar-refractivity contribution >= 4 is 16.9 Å². The smallest absolute Gasteiger partial charge is 0.323 e. The molecule has 1 fully saturated rings. The summed E-state index contributed by atoms with van der Waals surface area (Å²) >= 11 is 0. The number of hydrogen-bond donors (Lipinski definition) is 1. The quantitative estimate of drug-likeness (QED) is 0.601. The number of likely N-dealkylation sites (tertiary alicyclic amines) is 1. The van der Waals surface area contributed by atoms with Gasteiger partial charge in [-0.3, -0.25) is 9.82 Å². The summed E-state index contributed by atoms with van der Waals surface area (Å²) < 4.78 is 0. The van der Waals surface area contributed by atoms with E-state index < -0.39 is 0 Å². The van der Waals surface area contributed by atoms with Crippen LogP contribution >= 0.6 is 0 Å². The number of hydroxylamine groups is 1. The van der Waals surface area contributed by atoms with Gasteiger partial charge in [-0.15, -0.1) is 0 Å². The molecule has 2 amide bonds. The molecule has 0 atom stereocenters. The van der Waals surface area contributed by atoms with E-state index in [-0.39, 0.29) is 6.03 Å². The van der Waals surface area contributed by atoms with Crippen LogP contribution in [0.4, 0.5) is 4.79 Å². The van der Waals surface area contributed by atoms with Crippen molar-refractivity contribution in [2.45, 2.75) is 33.1 Å². The SMILES string of the molecule is CCONC(=O)N1CCC(Cc2ccc(-c3ccc4cccnc4c3C)cc2)CC1. The largest absolute Gasteiger partial charge is 0.341 e. The van der Waals surface area contributed by atoms with Crippen LogP contribution in [0.5, 0.6) is 0 Å². The number of carbonyl (C=O) groups excluding carboxylic acids is 1. The van der Waals surface area contributed by atoms with Gasteiger partial charge in [-0.25, -0.2) is 10.3 Å². The van der Waals surface area contributed by atoms with E-state index in [0.29, 0.717) is 12.5 Å². The van der Waals surface area contributed by atoms with E-state index in [1.807, 2.05) is 24.1 Å². The van der Waals surface area contributed by atoms with Gasteiger partial charge in [0.05, 0.1) is 12.1 Å². The molecule has 0 unspecified atom stereocenters. The Hall–Kier alpha value is -2.92. The molecule has 5 heteroatoms. The van der Waals surface area contributed by atoms with Crippen molar-refractivity contribution < 1.29 is 9.63 Å². The van der Waals surface area contributed by atoms with Crippen LogP contribution < -0.4 is 5.48 Å². The van der Waals surface area contributed by atoms with Gasteiger partial charge in [-0.2, -0.15) is 0 Å². The van der Waals surface area contributed by atoms with Crippen LogP contribution in [-0.2, 0) is 11.3 Å². The third kappa shape index (κ3) is 4.46. The Balaban J connectivity index is 1.38. The highest BCUT2D eigenvalue weighted by Crippen LogP contribution is 2.29. The first-order valence-electron chi connectivity index (χ1n) is 10.8. The maximum atomic E-state index is 12.0. The van der Waals surface area contributed by atoms with Crippen molar-refractivity contribution in [3.05, 3.63) is 65.9 Å². The lowest BCUT2D eigenvalue weighted by molar-refractivity contribution is 0.0509. The lowest BCUT2D eigenvalue weighted by atomic mass is 9.89. The minimum atomic E-state index is -0.125. The molecule has 0 spiro atoms. The number of aromatic nitrogens is 1. The monoisotopic (exact) mass is 403 g/mol. The van der Waals surface area contributed by atoms with Gasteiger partial charge in [-0.1, -0.05) is 42.5 Å². The van der Waals surface area contributed by atoms with E-state index in [4.69, 9.17) is 4.84 Å². The van der Waals surface area contributed by atoms with Crippen LogP contribution in [0, 0.1) is 12.8 Å². The minimum absolute atomic E-state index is 0.125. The molecule has 0 bridgehead atoms. The summed E-state index contributed by atoms with van der Waals surface area (Å²) in [6, 6.07) is 17.2. The first kappa shape index (κ1) is 20.4. The van der Waals surface area contributed by atoms with Crippen molar-refractivity contribution in [1.29, 1.82) is 0 Å². The van der Waals surface area contributed by atoms with E-state index in [1.165, 1.54) is 27.6 Å². The first-order chi connectivity index (χ1) is 14.7. The average molecular weight is 404 g/mol. The van der Waals surface area contributed by atoms with E-state index >= 15 is 0 Å². The minimum Gasteiger partial charge on any atom is -0.323 e. The van der Waals surface area contributed by atoms with E-state index in [2.05, 4.69) is 59.9 Å². The Kier molecular flexibility index (Phi) is 6.29. The summed E-state index contributed by atoms with van der Waals surface area (Å²) in [5.41, 5.74) is 8.60. The van der Waals surface area contributed by atoms with Gasteiger partial charge in [0.1, 0.15) is 0 Å². The number of piperidine rings is 1. The van der Waals surface area contributed by atoms with Crippen LogP contribution in [0.1, 0.15) is 30.9 Å². The zero-order valence-corrected chi connectivity index (χ0v) is 17.7. The molecule has 156 valence electrons. The second-order valence-electron chi connectivity index (χ2n) is 7.98. The summed E-state index contributed by atoms with van der Waals surface area (Å²) in [7, 11) is 0. The van der Waals surface area contributed by atoms with Crippen molar-refractivity contribution in [3.63, 3.8) is 0 Å². The molecule has 2 heterocycles. The van der Waals surface area contributed by atoms with Gasteiger partial charge in [0, 0.05) is 24.7 Å². The molecule has 1 aliphatic heterocycles. The summed E-state index contributed by atoms with van der Waals surface area (Å²) in [5, 5.41) is 1.18. The Bertz CT molecular complexity index is 1010. The highest BCUT2D eigenvalue weighted by Gasteiger charge is 2.23. The lowest BCUT2D eigenvalue weighted by Gasteiger charge is -2.31. The number of fused-ring (bicyclic) bond motifs is 1. The number of benzene rings is 2. The number of nitrogens with one attached hydrogen (secondary N) is 1. The third-order valence-electron chi connectivity index (χ3n) is 6.02. The molecule has 0 saturated carbocycles. The zero-order valence-electron chi connectivity index (χ0n) is 17.7. The lowest BCUT2D eigenvalue weighted by Crippen LogP contribution is -2.44. The molecule has 1 aliphatic rings. The van der Waals surface area contributed by atoms with Gasteiger partial charge < -0.3 is 4.90 Å². The number of pyridine rings is 1. The average Bonchev–Trinajstić information content (AvgIpc) is 2.79. The van der Waals surface area contributed by atoms with Gasteiger partial charge in [0.15, 0.2) is 0 Å². The van der Waals surface area contributed by atoms with E-state index in [0.717, 1.165) is 37.9 Å². The maximum Gasteiger partial charge on any atom is 0.341 e. The number of urea groups is 1. The molecular formula is C25H29N3O2. The van der Waals surface area contributed by atoms with Gasteiger partial charge in [0.2, 0.25) is 0 Å².